The van der Waals surface area contributed by atoms with Crippen molar-refractivity contribution in [1.82, 2.24) is 4.98 Å². The van der Waals surface area contributed by atoms with E-state index >= 15 is 0 Å². The Labute approximate surface area is 109 Å². The van der Waals surface area contributed by atoms with Crippen LogP contribution in [0.3, 0.4) is 0 Å². The molecule has 1 aromatic carbocycles. The summed E-state index contributed by atoms with van der Waals surface area (Å²) in [6.45, 7) is 4.03. The molecule has 2 aromatic rings. The summed E-state index contributed by atoms with van der Waals surface area (Å²) >= 11 is 6.97. The fraction of sp³-hybridized carbons (Fsp3) is 0.154. The summed E-state index contributed by atoms with van der Waals surface area (Å²) in [5, 5.41) is 0.661. The fourth-order valence-corrected chi connectivity index (χ4v) is 2.47. The van der Waals surface area contributed by atoms with Crippen LogP contribution in [0.5, 0.6) is 0 Å². The molecule has 0 atom stereocenters. The van der Waals surface area contributed by atoms with E-state index in [1.165, 1.54) is 29.6 Å². The van der Waals surface area contributed by atoms with E-state index in [1.54, 1.807) is 0 Å². The lowest BCUT2D eigenvalue weighted by Crippen LogP contribution is -1.88. The summed E-state index contributed by atoms with van der Waals surface area (Å²) in [6.07, 6.45) is 1.45. The Kier molecular flexibility index (Phi) is 3.69. The lowest BCUT2D eigenvalue weighted by atomic mass is 10.2. The molecule has 0 N–H and O–H groups in total. The molecule has 88 valence electrons. The molecule has 0 aliphatic heterocycles. The summed E-state index contributed by atoms with van der Waals surface area (Å²) in [7, 11) is 0. The third-order valence-corrected chi connectivity index (χ3v) is 3.69. The van der Waals surface area contributed by atoms with Crippen LogP contribution < -0.4 is 0 Å². The molecule has 0 saturated heterocycles. The quantitative estimate of drug-likeness (QED) is 0.786. The number of hydrogen-bond donors (Lipinski definition) is 0. The fourth-order valence-electron chi connectivity index (χ4n) is 1.50. The van der Waals surface area contributed by atoms with Gasteiger partial charge in [-0.1, -0.05) is 41.1 Å². The molecule has 0 unspecified atom stereocenters. The monoisotopic (exact) mass is 267 g/mol. The lowest BCUT2D eigenvalue weighted by molar-refractivity contribution is 0.588. The van der Waals surface area contributed by atoms with Crippen molar-refractivity contribution in [3.8, 4) is 0 Å². The van der Waals surface area contributed by atoms with Gasteiger partial charge in [0.1, 0.15) is 5.03 Å². The first kappa shape index (κ1) is 12.4. The standard InChI is InChI=1S/C13H11ClFNS/c1-8-3-4-12(9(2)5-8)17-13-11(15)6-10(14)7-16-13/h3-7H,1-2H3. The molecule has 0 aliphatic rings. The molecule has 0 saturated carbocycles. The van der Waals surface area contributed by atoms with E-state index in [4.69, 9.17) is 11.6 Å². The Morgan fingerprint density at radius 1 is 1.24 bits per heavy atom. The van der Waals surface area contributed by atoms with Crippen molar-refractivity contribution >= 4 is 23.4 Å². The highest BCUT2D eigenvalue weighted by Gasteiger charge is 2.08. The van der Waals surface area contributed by atoms with Crippen LogP contribution in [0.15, 0.2) is 40.4 Å². The highest BCUT2D eigenvalue weighted by molar-refractivity contribution is 7.99. The van der Waals surface area contributed by atoms with Crippen LogP contribution in [0.25, 0.3) is 0 Å². The molecular weight excluding hydrogens is 257 g/mol. The molecule has 0 fully saturated rings. The van der Waals surface area contributed by atoms with Gasteiger partial charge in [-0.25, -0.2) is 9.37 Å². The zero-order valence-electron chi connectivity index (χ0n) is 9.50. The van der Waals surface area contributed by atoms with E-state index in [9.17, 15) is 4.39 Å². The van der Waals surface area contributed by atoms with Gasteiger partial charge in [-0.05, 0) is 31.5 Å². The number of aryl methyl sites for hydroxylation is 2. The first-order valence-corrected chi connectivity index (χ1v) is 6.32. The van der Waals surface area contributed by atoms with Gasteiger partial charge >= 0.3 is 0 Å². The normalized spacial score (nSPS) is 10.6. The van der Waals surface area contributed by atoms with Crippen LogP contribution in [0, 0.1) is 19.7 Å². The van der Waals surface area contributed by atoms with Crippen molar-refractivity contribution in [1.29, 1.82) is 0 Å². The Balaban J connectivity index is 2.31. The van der Waals surface area contributed by atoms with Crippen LogP contribution in [0.2, 0.25) is 5.02 Å². The van der Waals surface area contributed by atoms with E-state index in [-0.39, 0.29) is 5.82 Å². The topological polar surface area (TPSA) is 12.9 Å². The second-order valence-corrected chi connectivity index (χ2v) is 5.28. The number of rotatable bonds is 2. The van der Waals surface area contributed by atoms with Crippen molar-refractivity contribution in [2.45, 2.75) is 23.8 Å². The smallest absolute Gasteiger partial charge is 0.157 e. The summed E-state index contributed by atoms with van der Waals surface area (Å²) in [4.78, 5) is 5.00. The van der Waals surface area contributed by atoms with Gasteiger partial charge in [0.25, 0.3) is 0 Å². The van der Waals surface area contributed by atoms with Crippen LogP contribution in [0.4, 0.5) is 4.39 Å². The van der Waals surface area contributed by atoms with Crippen LogP contribution >= 0.6 is 23.4 Å². The molecule has 0 bridgehead atoms. The van der Waals surface area contributed by atoms with Crippen molar-refractivity contribution < 1.29 is 4.39 Å². The van der Waals surface area contributed by atoms with E-state index in [1.807, 2.05) is 26.0 Å². The first-order valence-electron chi connectivity index (χ1n) is 5.12. The van der Waals surface area contributed by atoms with Crippen molar-refractivity contribution in [2.24, 2.45) is 0 Å². The van der Waals surface area contributed by atoms with Gasteiger partial charge in [0, 0.05) is 11.1 Å². The molecule has 17 heavy (non-hydrogen) atoms. The molecule has 0 radical (unpaired) electrons. The Morgan fingerprint density at radius 2 is 2.00 bits per heavy atom. The molecular formula is C13H11ClFNS. The Bertz CT molecular complexity index is 508. The van der Waals surface area contributed by atoms with Crippen LogP contribution in [-0.4, -0.2) is 4.98 Å². The molecule has 0 spiro atoms. The SMILES string of the molecule is Cc1ccc(Sc2ncc(Cl)cc2F)c(C)c1. The van der Waals surface area contributed by atoms with E-state index in [0.29, 0.717) is 10.0 Å². The zero-order valence-corrected chi connectivity index (χ0v) is 11.1. The molecule has 1 nitrogen and oxygen atoms in total. The number of aromatic nitrogens is 1. The molecule has 1 aromatic heterocycles. The molecule has 0 amide bonds. The van der Waals surface area contributed by atoms with Crippen LogP contribution in [0.1, 0.15) is 11.1 Å². The highest BCUT2D eigenvalue weighted by atomic mass is 35.5. The summed E-state index contributed by atoms with van der Waals surface area (Å²) < 4.78 is 13.6. The summed E-state index contributed by atoms with van der Waals surface area (Å²) in [5.41, 5.74) is 2.31. The van der Waals surface area contributed by atoms with Crippen LogP contribution in [-0.2, 0) is 0 Å². The van der Waals surface area contributed by atoms with Crippen molar-refractivity contribution in [2.75, 3.05) is 0 Å². The van der Waals surface area contributed by atoms with Gasteiger partial charge in [0.05, 0.1) is 5.02 Å². The maximum atomic E-state index is 13.6. The van der Waals surface area contributed by atoms with Gasteiger partial charge in [-0.3, -0.25) is 0 Å². The predicted molar refractivity (Wildman–Crippen MR) is 69.2 cm³/mol. The van der Waals surface area contributed by atoms with E-state index in [0.717, 1.165) is 10.5 Å². The Hall–Kier alpha value is -1.06. The third-order valence-electron chi connectivity index (χ3n) is 2.31. The number of nitrogens with zero attached hydrogens (tertiary/aromatic N) is 1. The predicted octanol–water partition coefficient (Wildman–Crippen LogP) is 4.64. The van der Waals surface area contributed by atoms with E-state index in [2.05, 4.69) is 11.1 Å². The average Bonchev–Trinajstić information content (AvgIpc) is 2.25. The van der Waals surface area contributed by atoms with Crippen molar-refractivity contribution in [3.63, 3.8) is 0 Å². The summed E-state index contributed by atoms with van der Waals surface area (Å²) in [5.74, 6) is -0.387. The second kappa shape index (κ2) is 5.07. The second-order valence-electron chi connectivity index (χ2n) is 3.81. The van der Waals surface area contributed by atoms with E-state index < -0.39 is 0 Å². The summed E-state index contributed by atoms with van der Waals surface area (Å²) in [6, 6.07) is 7.32. The molecule has 2 rings (SSSR count). The highest BCUT2D eigenvalue weighted by Crippen LogP contribution is 2.31. The lowest BCUT2D eigenvalue weighted by Gasteiger charge is -2.06. The van der Waals surface area contributed by atoms with Crippen molar-refractivity contribution in [3.05, 3.63) is 52.4 Å². The minimum absolute atomic E-state index is 0.312. The van der Waals surface area contributed by atoms with Gasteiger partial charge in [0.2, 0.25) is 0 Å². The largest absolute Gasteiger partial charge is 0.245 e. The van der Waals surface area contributed by atoms with Gasteiger partial charge in [0.15, 0.2) is 5.82 Å². The average molecular weight is 268 g/mol. The van der Waals surface area contributed by atoms with Gasteiger partial charge in [-0.15, -0.1) is 0 Å². The Morgan fingerprint density at radius 3 is 2.65 bits per heavy atom. The third kappa shape index (κ3) is 2.99. The zero-order chi connectivity index (χ0) is 12.4. The first-order chi connectivity index (χ1) is 8.06. The minimum Gasteiger partial charge on any atom is -0.245 e. The number of halogens is 2. The minimum atomic E-state index is -0.387. The number of benzene rings is 1. The van der Waals surface area contributed by atoms with Gasteiger partial charge in [-0.2, -0.15) is 0 Å². The maximum Gasteiger partial charge on any atom is 0.157 e. The molecule has 1 heterocycles. The number of hydrogen-bond acceptors (Lipinski definition) is 2. The maximum absolute atomic E-state index is 13.6. The number of pyridine rings is 1. The van der Waals surface area contributed by atoms with Gasteiger partial charge < -0.3 is 0 Å². The molecule has 4 heteroatoms. The molecule has 0 aliphatic carbocycles.